The maximum absolute atomic E-state index is 12.1. The van der Waals surface area contributed by atoms with Gasteiger partial charge in [0.2, 0.25) is 0 Å². The molecule has 122 valence electrons. The molecule has 0 fully saturated rings. The summed E-state index contributed by atoms with van der Waals surface area (Å²) in [7, 11) is 1.95. The topological polar surface area (TPSA) is 47.8 Å². The van der Waals surface area contributed by atoms with Crippen LogP contribution in [0.3, 0.4) is 0 Å². The molecule has 0 N–H and O–H groups in total. The molecule has 3 aromatic rings. The van der Waals surface area contributed by atoms with Crippen LogP contribution in [0.25, 0.3) is 0 Å². The normalized spacial score (nSPS) is 12.1. The van der Waals surface area contributed by atoms with Crippen LogP contribution >= 0.6 is 11.8 Å². The number of hydrogen-bond acceptors (Lipinski definition) is 4. The number of hydrogen-bond donors (Lipinski definition) is 0. The zero-order valence-electron chi connectivity index (χ0n) is 13.7. The molecule has 5 heteroatoms. The molecule has 4 nitrogen and oxygen atoms in total. The summed E-state index contributed by atoms with van der Waals surface area (Å²) in [4.78, 5) is 12.1. The van der Waals surface area contributed by atoms with E-state index in [0.29, 0.717) is 0 Å². The zero-order valence-corrected chi connectivity index (χ0v) is 14.5. The van der Waals surface area contributed by atoms with Crippen LogP contribution in [0.15, 0.2) is 65.8 Å². The predicted molar refractivity (Wildman–Crippen MR) is 96.0 cm³/mol. The quantitative estimate of drug-likeness (QED) is 0.642. The van der Waals surface area contributed by atoms with Crippen molar-refractivity contribution in [3.8, 4) is 0 Å². The first kappa shape index (κ1) is 16.5. The summed E-state index contributed by atoms with van der Waals surface area (Å²) < 4.78 is 1.97. The SMILES string of the molecule is CC(=O)[C@H](Sc1nnc(Cc2ccccc2)n1C)c1ccccc1. The summed E-state index contributed by atoms with van der Waals surface area (Å²) in [6, 6.07) is 20.0. The summed E-state index contributed by atoms with van der Waals surface area (Å²) in [5.41, 5.74) is 2.18. The van der Waals surface area contributed by atoms with Crippen molar-refractivity contribution in [1.82, 2.24) is 14.8 Å². The van der Waals surface area contributed by atoms with E-state index in [1.165, 1.54) is 17.3 Å². The van der Waals surface area contributed by atoms with E-state index in [-0.39, 0.29) is 11.0 Å². The third-order valence-corrected chi connectivity index (χ3v) is 5.23. The van der Waals surface area contributed by atoms with Gasteiger partial charge in [-0.05, 0) is 18.1 Å². The molecule has 1 aromatic heterocycles. The number of benzene rings is 2. The molecule has 3 rings (SSSR count). The van der Waals surface area contributed by atoms with Crippen molar-refractivity contribution in [2.45, 2.75) is 23.8 Å². The average Bonchev–Trinajstić information content (AvgIpc) is 2.94. The maximum Gasteiger partial charge on any atom is 0.191 e. The lowest BCUT2D eigenvalue weighted by Crippen LogP contribution is -2.07. The van der Waals surface area contributed by atoms with Gasteiger partial charge in [0.15, 0.2) is 5.16 Å². The van der Waals surface area contributed by atoms with Crippen molar-refractivity contribution < 1.29 is 4.79 Å². The van der Waals surface area contributed by atoms with E-state index in [1.54, 1.807) is 6.92 Å². The van der Waals surface area contributed by atoms with Crippen LogP contribution in [0, 0.1) is 0 Å². The molecule has 0 bridgehead atoms. The summed E-state index contributed by atoms with van der Waals surface area (Å²) in [6.45, 7) is 1.62. The summed E-state index contributed by atoms with van der Waals surface area (Å²) in [5, 5.41) is 9.07. The first-order chi connectivity index (χ1) is 11.6. The number of ketones is 1. The van der Waals surface area contributed by atoms with E-state index >= 15 is 0 Å². The molecule has 0 aliphatic rings. The lowest BCUT2D eigenvalue weighted by Gasteiger charge is -2.13. The lowest BCUT2D eigenvalue weighted by molar-refractivity contribution is -0.116. The van der Waals surface area contributed by atoms with Crippen molar-refractivity contribution in [3.05, 3.63) is 77.6 Å². The second kappa shape index (κ2) is 7.45. The number of nitrogens with zero attached hydrogens (tertiary/aromatic N) is 3. The Morgan fingerprint density at radius 1 is 1.04 bits per heavy atom. The molecule has 0 aliphatic heterocycles. The molecule has 0 saturated carbocycles. The Labute approximate surface area is 145 Å². The van der Waals surface area contributed by atoms with Crippen LogP contribution in [-0.2, 0) is 18.3 Å². The molecule has 0 amide bonds. The van der Waals surface area contributed by atoms with Gasteiger partial charge >= 0.3 is 0 Å². The molecule has 0 saturated heterocycles. The molecule has 0 unspecified atom stereocenters. The average molecular weight is 337 g/mol. The van der Waals surface area contributed by atoms with Crippen molar-refractivity contribution in [3.63, 3.8) is 0 Å². The van der Waals surface area contributed by atoms with Crippen molar-refractivity contribution in [2.75, 3.05) is 0 Å². The van der Waals surface area contributed by atoms with Crippen LogP contribution in [0.4, 0.5) is 0 Å². The van der Waals surface area contributed by atoms with Crippen LogP contribution in [0.1, 0.15) is 29.1 Å². The number of carbonyl (C=O) groups excluding carboxylic acids is 1. The van der Waals surface area contributed by atoms with E-state index in [9.17, 15) is 4.79 Å². The second-order valence-corrected chi connectivity index (χ2v) is 6.71. The number of carbonyl (C=O) groups is 1. The molecular weight excluding hydrogens is 318 g/mol. The van der Waals surface area contributed by atoms with Gasteiger partial charge in [0.25, 0.3) is 0 Å². The molecule has 1 atom stereocenters. The highest BCUT2D eigenvalue weighted by atomic mass is 32.2. The Balaban J connectivity index is 1.81. The first-order valence-electron chi connectivity index (χ1n) is 7.79. The summed E-state index contributed by atoms with van der Waals surface area (Å²) >= 11 is 1.45. The van der Waals surface area contributed by atoms with Gasteiger partial charge in [-0.2, -0.15) is 0 Å². The van der Waals surface area contributed by atoms with E-state index in [4.69, 9.17) is 0 Å². The monoisotopic (exact) mass is 337 g/mol. The van der Waals surface area contributed by atoms with Gasteiger partial charge < -0.3 is 4.57 Å². The lowest BCUT2D eigenvalue weighted by atomic mass is 10.1. The molecule has 24 heavy (non-hydrogen) atoms. The third-order valence-electron chi connectivity index (χ3n) is 3.82. The highest BCUT2D eigenvalue weighted by Gasteiger charge is 2.21. The van der Waals surface area contributed by atoms with E-state index in [0.717, 1.165) is 23.0 Å². The highest BCUT2D eigenvalue weighted by molar-refractivity contribution is 8.00. The van der Waals surface area contributed by atoms with Gasteiger partial charge in [-0.15, -0.1) is 10.2 Å². The van der Waals surface area contributed by atoms with Gasteiger partial charge in [0.05, 0.1) is 5.25 Å². The second-order valence-electron chi connectivity index (χ2n) is 5.64. The standard InChI is InChI=1S/C19H19N3OS/c1-14(23)18(16-11-7-4-8-12-16)24-19-21-20-17(22(19)2)13-15-9-5-3-6-10-15/h3-12,18H,13H2,1-2H3/t18-/m0/s1. The van der Waals surface area contributed by atoms with Crippen LogP contribution in [0.5, 0.6) is 0 Å². The largest absolute Gasteiger partial charge is 0.309 e. The fourth-order valence-corrected chi connectivity index (χ4v) is 3.52. The molecule has 2 aromatic carbocycles. The summed E-state index contributed by atoms with van der Waals surface area (Å²) in [5.74, 6) is 0.998. The van der Waals surface area contributed by atoms with Crippen LogP contribution in [0.2, 0.25) is 0 Å². The smallest absolute Gasteiger partial charge is 0.191 e. The third kappa shape index (κ3) is 3.74. The van der Waals surface area contributed by atoms with E-state index < -0.39 is 0 Å². The van der Waals surface area contributed by atoms with Gasteiger partial charge in [-0.1, -0.05) is 72.4 Å². The minimum Gasteiger partial charge on any atom is -0.309 e. The number of rotatable bonds is 6. The van der Waals surface area contributed by atoms with Crippen LogP contribution in [-0.4, -0.2) is 20.5 Å². The van der Waals surface area contributed by atoms with E-state index in [1.807, 2.05) is 60.1 Å². The number of aromatic nitrogens is 3. The predicted octanol–water partition coefficient (Wildman–Crippen LogP) is 3.83. The Hall–Kier alpha value is -2.40. The minimum absolute atomic E-state index is 0.110. The zero-order chi connectivity index (χ0) is 16.9. The van der Waals surface area contributed by atoms with Crippen molar-refractivity contribution in [1.29, 1.82) is 0 Å². The highest BCUT2D eigenvalue weighted by Crippen LogP contribution is 2.35. The molecule has 0 aliphatic carbocycles. The minimum atomic E-state index is -0.265. The Morgan fingerprint density at radius 2 is 1.67 bits per heavy atom. The van der Waals surface area contributed by atoms with Gasteiger partial charge in [-0.25, -0.2) is 0 Å². The number of thioether (sulfide) groups is 1. The van der Waals surface area contributed by atoms with Crippen molar-refractivity contribution in [2.24, 2.45) is 7.05 Å². The molecule has 0 spiro atoms. The Morgan fingerprint density at radius 3 is 2.29 bits per heavy atom. The summed E-state index contributed by atoms with van der Waals surface area (Å²) in [6.07, 6.45) is 0.723. The fourth-order valence-electron chi connectivity index (χ4n) is 2.50. The van der Waals surface area contributed by atoms with Gasteiger partial charge in [-0.3, -0.25) is 4.79 Å². The Kier molecular flexibility index (Phi) is 5.11. The molecule has 0 radical (unpaired) electrons. The van der Waals surface area contributed by atoms with Crippen molar-refractivity contribution >= 4 is 17.5 Å². The molecule has 1 heterocycles. The molecular formula is C19H19N3OS. The maximum atomic E-state index is 12.1. The van der Waals surface area contributed by atoms with E-state index in [2.05, 4.69) is 22.3 Å². The number of Topliss-reactive ketones (excluding diaryl/α,β-unsaturated/α-hetero) is 1. The van der Waals surface area contributed by atoms with Gasteiger partial charge in [0, 0.05) is 13.5 Å². The fraction of sp³-hybridized carbons (Fsp3) is 0.211. The van der Waals surface area contributed by atoms with Crippen LogP contribution < -0.4 is 0 Å². The van der Waals surface area contributed by atoms with Gasteiger partial charge in [0.1, 0.15) is 11.6 Å². The Bertz CT molecular complexity index is 815. The first-order valence-corrected chi connectivity index (χ1v) is 8.67.